The number of carbonyl (C=O) groups excluding carboxylic acids is 1. The number of hydrogen-bond acceptors (Lipinski definition) is 5. The number of hydrogen-bond donors (Lipinski definition) is 2. The number of aromatic nitrogens is 2. The molecule has 0 unspecified atom stereocenters. The molecular weight excluding hydrogens is 446 g/mol. The van der Waals surface area contributed by atoms with Crippen LogP contribution in [0.25, 0.3) is 10.9 Å². The molecule has 8 heteroatoms. The molecule has 1 fully saturated rings. The average molecular weight is 480 g/mol. The van der Waals surface area contributed by atoms with E-state index in [-0.39, 0.29) is 18.5 Å². The van der Waals surface area contributed by atoms with Crippen LogP contribution in [-0.4, -0.2) is 34.7 Å². The van der Waals surface area contributed by atoms with Gasteiger partial charge in [0.2, 0.25) is 0 Å². The number of carbonyl (C=O) groups is 1. The summed E-state index contributed by atoms with van der Waals surface area (Å²) in [5.74, 6) is 1.32. The molecule has 0 spiro atoms. The van der Waals surface area contributed by atoms with Crippen molar-refractivity contribution >= 4 is 16.8 Å². The summed E-state index contributed by atoms with van der Waals surface area (Å²) in [4.78, 5) is 41.4. The lowest BCUT2D eigenvalue weighted by Crippen LogP contribution is -2.41. The van der Waals surface area contributed by atoms with Crippen LogP contribution < -0.4 is 26.0 Å². The van der Waals surface area contributed by atoms with E-state index in [4.69, 9.17) is 9.47 Å². The fourth-order valence-corrected chi connectivity index (χ4v) is 4.67. The molecule has 0 saturated heterocycles. The number of nitrogens with zero attached hydrogens (tertiary/aromatic N) is 1. The number of nitrogens with one attached hydrogen (secondary N) is 2. The average Bonchev–Trinajstić information content (AvgIpc) is 2.85. The summed E-state index contributed by atoms with van der Waals surface area (Å²) in [5, 5.41) is 3.49. The lowest BCUT2D eigenvalue weighted by Gasteiger charge is -2.29. The summed E-state index contributed by atoms with van der Waals surface area (Å²) >= 11 is 0. The van der Waals surface area contributed by atoms with Crippen LogP contribution in [0.1, 0.15) is 62.4 Å². The maximum atomic E-state index is 13.2. The van der Waals surface area contributed by atoms with Crippen molar-refractivity contribution in [2.45, 2.75) is 59.0 Å². The van der Waals surface area contributed by atoms with Gasteiger partial charge >= 0.3 is 5.69 Å². The third kappa shape index (κ3) is 5.42. The molecule has 3 aromatic rings. The predicted molar refractivity (Wildman–Crippen MR) is 136 cm³/mol. The Hall–Kier alpha value is -3.55. The van der Waals surface area contributed by atoms with Crippen molar-refractivity contribution in [1.29, 1.82) is 0 Å². The van der Waals surface area contributed by atoms with E-state index >= 15 is 0 Å². The molecule has 1 aliphatic carbocycles. The molecule has 35 heavy (non-hydrogen) atoms. The minimum atomic E-state index is -0.512. The van der Waals surface area contributed by atoms with E-state index in [0.717, 1.165) is 29.4 Å². The van der Waals surface area contributed by atoms with Crippen molar-refractivity contribution in [1.82, 2.24) is 14.9 Å². The first-order chi connectivity index (χ1) is 16.9. The lowest BCUT2D eigenvalue weighted by molar-refractivity contribution is 0.0910. The van der Waals surface area contributed by atoms with Gasteiger partial charge in [0.05, 0.1) is 30.7 Å². The van der Waals surface area contributed by atoms with Crippen LogP contribution in [0.15, 0.2) is 46.0 Å². The van der Waals surface area contributed by atoms with Gasteiger partial charge in [-0.15, -0.1) is 0 Å². The van der Waals surface area contributed by atoms with Crippen LogP contribution in [0.5, 0.6) is 11.5 Å². The number of rotatable bonds is 8. The third-order valence-corrected chi connectivity index (χ3v) is 6.63. The topological polar surface area (TPSA) is 102 Å². The van der Waals surface area contributed by atoms with Gasteiger partial charge in [-0.05, 0) is 56.4 Å². The monoisotopic (exact) mass is 479 g/mol. The van der Waals surface area contributed by atoms with Crippen LogP contribution in [0.2, 0.25) is 0 Å². The van der Waals surface area contributed by atoms with Gasteiger partial charge in [-0.1, -0.05) is 31.9 Å². The number of fused-ring (bicyclic) bond motifs is 1. The highest BCUT2D eigenvalue weighted by Gasteiger charge is 2.23. The second kappa shape index (κ2) is 10.8. The lowest BCUT2D eigenvalue weighted by atomic mass is 9.86. The predicted octanol–water partition coefficient (Wildman–Crippen LogP) is 3.84. The van der Waals surface area contributed by atoms with Crippen molar-refractivity contribution in [3.63, 3.8) is 0 Å². The highest BCUT2D eigenvalue weighted by molar-refractivity contribution is 5.94. The van der Waals surface area contributed by atoms with Gasteiger partial charge in [-0.2, -0.15) is 0 Å². The Morgan fingerprint density at radius 2 is 1.69 bits per heavy atom. The van der Waals surface area contributed by atoms with Crippen LogP contribution in [-0.2, 0) is 6.54 Å². The van der Waals surface area contributed by atoms with Gasteiger partial charge in [0.15, 0.2) is 11.5 Å². The summed E-state index contributed by atoms with van der Waals surface area (Å²) in [7, 11) is 0. The molecule has 1 saturated carbocycles. The summed E-state index contributed by atoms with van der Waals surface area (Å²) in [5.41, 5.74) is 0.779. The van der Waals surface area contributed by atoms with E-state index in [1.54, 1.807) is 36.4 Å². The SMILES string of the molecule is CCOc1cc2[nH]c(=O)n(Cc3ccc(C(=O)N[C@H]4CCCC[C@@H]4C)cc3)c(=O)c2cc1OCC. The van der Waals surface area contributed by atoms with Gasteiger partial charge in [0.25, 0.3) is 11.5 Å². The molecule has 2 atom stereocenters. The zero-order valence-corrected chi connectivity index (χ0v) is 20.6. The van der Waals surface area contributed by atoms with Crippen LogP contribution >= 0.6 is 0 Å². The highest BCUT2D eigenvalue weighted by atomic mass is 16.5. The van der Waals surface area contributed by atoms with Gasteiger partial charge in [0, 0.05) is 17.7 Å². The van der Waals surface area contributed by atoms with Crippen molar-refractivity contribution in [2.24, 2.45) is 5.92 Å². The highest BCUT2D eigenvalue weighted by Crippen LogP contribution is 2.30. The second-order valence-corrected chi connectivity index (χ2v) is 9.07. The normalized spacial score (nSPS) is 17.8. The van der Waals surface area contributed by atoms with Gasteiger partial charge in [-0.25, -0.2) is 4.79 Å². The van der Waals surface area contributed by atoms with Crippen molar-refractivity contribution in [2.75, 3.05) is 13.2 Å². The van der Waals surface area contributed by atoms with Gasteiger partial charge in [-0.3, -0.25) is 14.2 Å². The molecule has 2 aromatic carbocycles. The standard InChI is InChI=1S/C27H33N3O5/c1-4-34-23-14-20-22(15-24(23)35-5-2)29-27(33)30(26(20)32)16-18-10-12-19(13-11-18)25(31)28-21-9-7-6-8-17(21)3/h10-15,17,21H,4-9,16H2,1-3H3,(H,28,31)(H,29,33)/t17-,21-/m0/s1. The summed E-state index contributed by atoms with van der Waals surface area (Å²) in [6.45, 7) is 6.82. The van der Waals surface area contributed by atoms with Gasteiger partial charge in [0.1, 0.15) is 0 Å². The Morgan fingerprint density at radius 3 is 2.34 bits per heavy atom. The van der Waals surface area contributed by atoms with E-state index in [2.05, 4.69) is 17.2 Å². The quantitative estimate of drug-likeness (QED) is 0.511. The molecule has 0 aliphatic heterocycles. The molecule has 1 amide bonds. The zero-order chi connectivity index (χ0) is 24.9. The number of aromatic amines is 1. The maximum Gasteiger partial charge on any atom is 0.329 e. The number of H-pyrrole nitrogens is 1. The Kier molecular flexibility index (Phi) is 7.58. The van der Waals surface area contributed by atoms with Crippen molar-refractivity contribution in [3.05, 3.63) is 68.4 Å². The first kappa shape index (κ1) is 24.6. The van der Waals surface area contributed by atoms with Crippen LogP contribution in [0.3, 0.4) is 0 Å². The zero-order valence-electron chi connectivity index (χ0n) is 20.6. The molecule has 4 rings (SSSR count). The largest absolute Gasteiger partial charge is 0.490 e. The molecule has 1 aliphatic rings. The van der Waals surface area contributed by atoms with E-state index < -0.39 is 11.2 Å². The van der Waals surface area contributed by atoms with E-state index in [0.29, 0.717) is 47.1 Å². The molecule has 1 heterocycles. The Balaban J connectivity index is 1.57. The fraction of sp³-hybridized carbons (Fsp3) is 0.444. The first-order valence-electron chi connectivity index (χ1n) is 12.4. The minimum absolute atomic E-state index is 0.0862. The number of benzene rings is 2. The van der Waals surface area contributed by atoms with Gasteiger partial charge < -0.3 is 19.8 Å². The third-order valence-electron chi connectivity index (χ3n) is 6.63. The van der Waals surface area contributed by atoms with Crippen LogP contribution in [0, 0.1) is 5.92 Å². The minimum Gasteiger partial charge on any atom is -0.490 e. The first-order valence-corrected chi connectivity index (χ1v) is 12.4. The molecule has 1 aromatic heterocycles. The molecule has 0 bridgehead atoms. The van der Waals surface area contributed by atoms with Crippen molar-refractivity contribution < 1.29 is 14.3 Å². The molecule has 0 radical (unpaired) electrons. The Labute approximate surface area is 204 Å². The second-order valence-electron chi connectivity index (χ2n) is 9.07. The fourth-order valence-electron chi connectivity index (χ4n) is 4.67. The molecule has 8 nitrogen and oxygen atoms in total. The van der Waals surface area contributed by atoms with Crippen LogP contribution in [0.4, 0.5) is 0 Å². The van der Waals surface area contributed by atoms with E-state index in [1.165, 1.54) is 6.42 Å². The number of ether oxygens (including phenoxy) is 2. The maximum absolute atomic E-state index is 13.2. The summed E-state index contributed by atoms with van der Waals surface area (Å²) < 4.78 is 12.4. The Bertz CT molecular complexity index is 1310. The smallest absolute Gasteiger partial charge is 0.329 e. The van der Waals surface area contributed by atoms with Crippen molar-refractivity contribution in [3.8, 4) is 11.5 Å². The summed E-state index contributed by atoms with van der Waals surface area (Å²) in [6, 6.07) is 10.5. The molecule has 186 valence electrons. The number of amides is 1. The van der Waals surface area contributed by atoms with E-state index in [1.807, 2.05) is 13.8 Å². The molecule has 2 N–H and O–H groups in total. The Morgan fingerprint density at radius 1 is 1.03 bits per heavy atom. The van der Waals surface area contributed by atoms with E-state index in [9.17, 15) is 14.4 Å². The summed E-state index contributed by atoms with van der Waals surface area (Å²) in [6.07, 6.45) is 4.51. The molecular formula is C27H33N3O5.